The first-order chi connectivity index (χ1) is 15.6. The Labute approximate surface area is 190 Å². The highest BCUT2D eigenvalue weighted by Gasteiger charge is 2.17. The summed E-state index contributed by atoms with van der Waals surface area (Å²) in [5.41, 5.74) is 8.19. The summed E-state index contributed by atoms with van der Waals surface area (Å²) in [6, 6.07) is 5.38. The number of benzene rings is 1. The first-order valence-electron chi connectivity index (χ1n) is 10.5. The predicted octanol–water partition coefficient (Wildman–Crippen LogP) is 3.40. The first-order valence-corrected chi connectivity index (χ1v) is 10.9. The number of pyridine rings is 1. The molecule has 1 aliphatic heterocycles. The van der Waals surface area contributed by atoms with E-state index in [1.54, 1.807) is 18.2 Å². The van der Waals surface area contributed by atoms with Gasteiger partial charge in [-0.1, -0.05) is 30.7 Å². The van der Waals surface area contributed by atoms with Crippen LogP contribution in [0.15, 0.2) is 30.9 Å². The SMILES string of the molecule is CCc1nc(CCN2CCOCC2)c2c(Cl)cccc2c1F.Nc1ncnc2nc[nH]c12. The van der Waals surface area contributed by atoms with Crippen LogP contribution >= 0.6 is 11.6 Å². The minimum Gasteiger partial charge on any atom is -0.382 e. The van der Waals surface area contributed by atoms with Crippen LogP contribution in [0.5, 0.6) is 0 Å². The van der Waals surface area contributed by atoms with Crippen molar-refractivity contribution in [3.8, 4) is 0 Å². The summed E-state index contributed by atoms with van der Waals surface area (Å²) in [6.07, 6.45) is 4.28. The molecule has 168 valence electrons. The van der Waals surface area contributed by atoms with Crippen molar-refractivity contribution in [2.45, 2.75) is 19.8 Å². The molecule has 8 nitrogen and oxygen atoms in total. The summed E-state index contributed by atoms with van der Waals surface area (Å²) in [4.78, 5) is 21.3. The predicted molar refractivity (Wildman–Crippen MR) is 123 cm³/mol. The molecular weight excluding hydrogens is 433 g/mol. The Morgan fingerprint density at radius 1 is 1.19 bits per heavy atom. The Morgan fingerprint density at radius 3 is 2.75 bits per heavy atom. The highest BCUT2D eigenvalue weighted by molar-refractivity contribution is 6.35. The fraction of sp³-hybridized carbons (Fsp3) is 0.364. The largest absolute Gasteiger partial charge is 0.382 e. The molecule has 10 heteroatoms. The number of halogens is 2. The van der Waals surface area contributed by atoms with Gasteiger partial charge in [0.1, 0.15) is 11.8 Å². The number of aromatic nitrogens is 5. The van der Waals surface area contributed by atoms with Crippen molar-refractivity contribution in [3.63, 3.8) is 0 Å². The summed E-state index contributed by atoms with van der Waals surface area (Å²) in [5, 5.41) is 1.91. The van der Waals surface area contributed by atoms with Gasteiger partial charge in [0.25, 0.3) is 0 Å². The van der Waals surface area contributed by atoms with Gasteiger partial charge in [-0.05, 0) is 12.5 Å². The van der Waals surface area contributed by atoms with E-state index < -0.39 is 0 Å². The van der Waals surface area contributed by atoms with Gasteiger partial charge in [-0.3, -0.25) is 9.88 Å². The molecule has 0 atom stereocenters. The minimum absolute atomic E-state index is 0.241. The number of hydrogen-bond acceptors (Lipinski definition) is 7. The van der Waals surface area contributed by atoms with E-state index in [1.807, 2.05) is 6.92 Å². The van der Waals surface area contributed by atoms with Crippen molar-refractivity contribution >= 4 is 39.4 Å². The van der Waals surface area contributed by atoms with Crippen molar-refractivity contribution < 1.29 is 9.13 Å². The maximum Gasteiger partial charge on any atom is 0.182 e. The third-order valence-electron chi connectivity index (χ3n) is 5.42. The van der Waals surface area contributed by atoms with Crippen LogP contribution in [0.25, 0.3) is 21.9 Å². The van der Waals surface area contributed by atoms with Crippen LogP contribution in [0.2, 0.25) is 5.02 Å². The van der Waals surface area contributed by atoms with Crippen molar-refractivity contribution in [2.75, 3.05) is 38.6 Å². The number of imidazole rings is 1. The molecule has 1 saturated heterocycles. The molecule has 1 fully saturated rings. The van der Waals surface area contributed by atoms with E-state index in [9.17, 15) is 4.39 Å². The van der Waals surface area contributed by atoms with E-state index in [1.165, 1.54) is 12.7 Å². The van der Waals surface area contributed by atoms with Gasteiger partial charge in [-0.2, -0.15) is 0 Å². The molecule has 0 amide bonds. The van der Waals surface area contributed by atoms with Gasteiger partial charge in [0.2, 0.25) is 0 Å². The van der Waals surface area contributed by atoms with Crippen LogP contribution in [-0.2, 0) is 17.6 Å². The van der Waals surface area contributed by atoms with Crippen LogP contribution in [0.3, 0.4) is 0 Å². The zero-order valence-corrected chi connectivity index (χ0v) is 18.6. The lowest BCUT2D eigenvalue weighted by molar-refractivity contribution is 0.0384. The Balaban J connectivity index is 0.000000203. The smallest absolute Gasteiger partial charge is 0.182 e. The Morgan fingerprint density at radius 2 is 2.00 bits per heavy atom. The van der Waals surface area contributed by atoms with Crippen LogP contribution < -0.4 is 5.73 Å². The molecule has 5 rings (SSSR count). The van der Waals surface area contributed by atoms with E-state index in [2.05, 4.69) is 29.8 Å². The van der Waals surface area contributed by atoms with Crippen molar-refractivity contribution in [3.05, 3.63) is 53.1 Å². The average Bonchev–Trinajstić information content (AvgIpc) is 3.30. The van der Waals surface area contributed by atoms with E-state index in [0.717, 1.165) is 50.3 Å². The summed E-state index contributed by atoms with van der Waals surface area (Å²) in [6.45, 7) is 6.25. The molecule has 0 unspecified atom stereocenters. The fourth-order valence-electron chi connectivity index (χ4n) is 3.71. The van der Waals surface area contributed by atoms with E-state index in [4.69, 9.17) is 22.1 Å². The van der Waals surface area contributed by atoms with Gasteiger partial charge < -0.3 is 15.5 Å². The molecule has 0 bridgehead atoms. The molecular formula is C22H25ClFN7O. The second-order valence-corrected chi connectivity index (χ2v) is 7.81. The molecule has 0 spiro atoms. The normalized spacial score (nSPS) is 14.5. The number of fused-ring (bicyclic) bond motifs is 2. The maximum absolute atomic E-state index is 14.5. The quantitative estimate of drug-likeness (QED) is 0.483. The molecule has 0 saturated carbocycles. The Kier molecular flexibility index (Phi) is 7.09. The number of rotatable bonds is 4. The van der Waals surface area contributed by atoms with Crippen LogP contribution in [0, 0.1) is 5.82 Å². The fourth-order valence-corrected chi connectivity index (χ4v) is 3.99. The van der Waals surface area contributed by atoms with Crippen molar-refractivity contribution in [2.24, 2.45) is 0 Å². The number of nitrogen functional groups attached to an aromatic ring is 1. The number of nitrogens with one attached hydrogen (secondary N) is 1. The highest BCUT2D eigenvalue weighted by atomic mass is 35.5. The van der Waals surface area contributed by atoms with Gasteiger partial charge in [0.15, 0.2) is 17.3 Å². The topological polar surface area (TPSA) is 106 Å². The first kappa shape index (κ1) is 22.3. The Hall–Kier alpha value is -2.88. The van der Waals surface area contributed by atoms with E-state index in [0.29, 0.717) is 39.5 Å². The summed E-state index contributed by atoms with van der Waals surface area (Å²) < 4.78 is 19.8. The highest BCUT2D eigenvalue weighted by Crippen LogP contribution is 2.30. The lowest BCUT2D eigenvalue weighted by atomic mass is 10.0. The number of hydrogen-bond donors (Lipinski definition) is 2. The molecule has 4 aromatic rings. The minimum atomic E-state index is -0.241. The third-order valence-corrected chi connectivity index (χ3v) is 5.73. The number of aromatic amines is 1. The summed E-state index contributed by atoms with van der Waals surface area (Å²) >= 11 is 6.31. The number of anilines is 1. The molecule has 3 N–H and O–H groups in total. The average molecular weight is 458 g/mol. The van der Waals surface area contributed by atoms with E-state index in [-0.39, 0.29) is 5.82 Å². The zero-order valence-electron chi connectivity index (χ0n) is 17.8. The standard InChI is InChI=1S/C17H20ClFN2O.C5H5N5/c1-2-14-17(19)12-4-3-5-13(18)16(12)15(20-14)6-7-21-8-10-22-11-9-21;6-4-3-5(9-1-7-3)10-2-8-4/h3-5H,2,6-11H2,1H3;1-2H,(H3,6,7,8,9,10). The van der Waals surface area contributed by atoms with Gasteiger partial charge >= 0.3 is 0 Å². The molecule has 32 heavy (non-hydrogen) atoms. The van der Waals surface area contributed by atoms with Gasteiger partial charge in [0, 0.05) is 36.8 Å². The van der Waals surface area contributed by atoms with Gasteiger partial charge in [-0.15, -0.1) is 0 Å². The Bertz CT molecular complexity index is 1210. The third kappa shape index (κ3) is 4.79. The summed E-state index contributed by atoms with van der Waals surface area (Å²) in [7, 11) is 0. The van der Waals surface area contributed by atoms with Gasteiger partial charge in [-0.25, -0.2) is 19.3 Å². The lowest BCUT2D eigenvalue weighted by Crippen LogP contribution is -2.37. The number of ether oxygens (including phenoxy) is 1. The number of aryl methyl sites for hydroxylation is 1. The lowest BCUT2D eigenvalue weighted by Gasteiger charge is -2.26. The van der Waals surface area contributed by atoms with Gasteiger partial charge in [0.05, 0.1) is 36.0 Å². The van der Waals surface area contributed by atoms with Crippen LogP contribution in [0.4, 0.5) is 10.2 Å². The molecule has 3 aromatic heterocycles. The van der Waals surface area contributed by atoms with Crippen molar-refractivity contribution in [1.29, 1.82) is 0 Å². The van der Waals surface area contributed by atoms with Crippen LogP contribution in [0.1, 0.15) is 18.3 Å². The second-order valence-electron chi connectivity index (χ2n) is 7.40. The number of morpholine rings is 1. The molecule has 1 aliphatic rings. The second kappa shape index (κ2) is 10.2. The van der Waals surface area contributed by atoms with Crippen molar-refractivity contribution in [1.82, 2.24) is 29.8 Å². The monoisotopic (exact) mass is 457 g/mol. The molecule has 1 aromatic carbocycles. The van der Waals surface area contributed by atoms with E-state index >= 15 is 0 Å². The molecule has 0 radical (unpaired) electrons. The number of nitrogens with zero attached hydrogens (tertiary/aromatic N) is 5. The molecule has 0 aliphatic carbocycles. The number of H-pyrrole nitrogens is 1. The number of nitrogens with two attached hydrogens (primary N) is 1. The summed E-state index contributed by atoms with van der Waals surface area (Å²) in [5.74, 6) is 0.192. The van der Waals surface area contributed by atoms with Crippen LogP contribution in [-0.4, -0.2) is 62.7 Å². The molecule has 4 heterocycles. The zero-order chi connectivity index (χ0) is 22.5. The maximum atomic E-state index is 14.5.